The highest BCUT2D eigenvalue weighted by Crippen LogP contribution is 2.14. The molecule has 0 aliphatic rings. The standard InChI is InChI=1S/C8H8IOSi/c9-8-2-1-6(5-11)3-7(8)4-10/h1-3,10H,4-5H2. The lowest BCUT2D eigenvalue weighted by molar-refractivity contribution is 0.281. The van der Waals surface area contributed by atoms with Crippen LogP contribution in [0.4, 0.5) is 0 Å². The molecule has 1 aromatic carbocycles. The topological polar surface area (TPSA) is 20.2 Å². The van der Waals surface area contributed by atoms with Crippen LogP contribution in [0.5, 0.6) is 0 Å². The fourth-order valence-corrected chi connectivity index (χ4v) is 1.59. The van der Waals surface area contributed by atoms with Crippen LogP contribution in [0.2, 0.25) is 0 Å². The number of benzene rings is 1. The molecule has 57 valence electrons. The van der Waals surface area contributed by atoms with Gasteiger partial charge >= 0.3 is 0 Å². The fourth-order valence-electron chi connectivity index (χ4n) is 0.859. The summed E-state index contributed by atoms with van der Waals surface area (Å²) in [6.45, 7) is 0.123. The van der Waals surface area contributed by atoms with Crippen LogP contribution in [0, 0.1) is 3.57 Å². The summed E-state index contributed by atoms with van der Waals surface area (Å²) in [6.07, 6.45) is 0. The molecule has 1 nitrogen and oxygen atoms in total. The van der Waals surface area contributed by atoms with E-state index in [1.807, 2.05) is 18.2 Å². The molecule has 0 amide bonds. The second kappa shape index (κ2) is 4.23. The number of aliphatic hydroxyl groups excluding tert-OH is 1. The molecule has 11 heavy (non-hydrogen) atoms. The second-order valence-electron chi connectivity index (χ2n) is 2.26. The van der Waals surface area contributed by atoms with Crippen LogP contribution in [-0.4, -0.2) is 15.3 Å². The molecule has 0 bridgehead atoms. The number of rotatable bonds is 2. The Morgan fingerprint density at radius 1 is 1.45 bits per heavy atom. The second-order valence-corrected chi connectivity index (χ2v) is 3.78. The highest BCUT2D eigenvalue weighted by atomic mass is 127. The van der Waals surface area contributed by atoms with Crippen molar-refractivity contribution in [1.29, 1.82) is 0 Å². The van der Waals surface area contributed by atoms with Crippen molar-refractivity contribution in [1.82, 2.24) is 0 Å². The predicted octanol–water partition coefficient (Wildman–Crippen LogP) is 1.45. The Morgan fingerprint density at radius 3 is 2.73 bits per heavy atom. The van der Waals surface area contributed by atoms with Gasteiger partial charge < -0.3 is 5.11 Å². The van der Waals surface area contributed by atoms with Gasteiger partial charge in [-0.15, -0.1) is 0 Å². The van der Waals surface area contributed by atoms with Gasteiger partial charge in [-0.2, -0.15) is 0 Å². The monoisotopic (exact) mass is 275 g/mol. The average Bonchev–Trinajstić information content (AvgIpc) is 2.05. The zero-order valence-electron chi connectivity index (χ0n) is 5.97. The molecule has 0 heterocycles. The van der Waals surface area contributed by atoms with Crippen molar-refractivity contribution in [2.45, 2.75) is 12.7 Å². The normalized spacial score (nSPS) is 10.1. The van der Waals surface area contributed by atoms with Crippen molar-refractivity contribution in [3.63, 3.8) is 0 Å². The van der Waals surface area contributed by atoms with E-state index in [1.54, 1.807) is 0 Å². The molecule has 0 saturated carbocycles. The number of aliphatic hydroxyl groups is 1. The molecule has 0 fully saturated rings. The highest BCUT2D eigenvalue weighted by Gasteiger charge is 1.97. The first kappa shape index (κ1) is 9.22. The van der Waals surface area contributed by atoms with Gasteiger partial charge in [0, 0.05) is 13.8 Å². The molecule has 3 heteroatoms. The Bertz CT molecular complexity index is 250. The minimum Gasteiger partial charge on any atom is -0.392 e. The van der Waals surface area contributed by atoms with Crippen LogP contribution < -0.4 is 0 Å². The van der Waals surface area contributed by atoms with E-state index in [2.05, 4.69) is 32.8 Å². The third-order valence-corrected chi connectivity index (χ3v) is 2.95. The maximum Gasteiger partial charge on any atom is 0.0692 e. The molecule has 0 aliphatic carbocycles. The van der Waals surface area contributed by atoms with Crippen molar-refractivity contribution in [3.8, 4) is 0 Å². The quantitative estimate of drug-likeness (QED) is 0.640. The van der Waals surface area contributed by atoms with Gasteiger partial charge in [0.2, 0.25) is 0 Å². The lowest BCUT2D eigenvalue weighted by atomic mass is 10.1. The molecule has 0 atom stereocenters. The number of hydrogen-bond donors (Lipinski definition) is 1. The van der Waals surface area contributed by atoms with Crippen LogP contribution in [0.3, 0.4) is 0 Å². The Morgan fingerprint density at radius 2 is 2.18 bits per heavy atom. The maximum atomic E-state index is 8.92. The van der Waals surface area contributed by atoms with Gasteiger partial charge in [0.05, 0.1) is 6.61 Å². The van der Waals surface area contributed by atoms with E-state index in [4.69, 9.17) is 5.11 Å². The molecule has 1 rings (SSSR count). The van der Waals surface area contributed by atoms with E-state index in [1.165, 1.54) is 5.56 Å². The van der Waals surface area contributed by atoms with E-state index in [9.17, 15) is 0 Å². The van der Waals surface area contributed by atoms with Crippen molar-refractivity contribution in [3.05, 3.63) is 32.9 Å². The molecule has 1 N–H and O–H groups in total. The van der Waals surface area contributed by atoms with Crippen molar-refractivity contribution in [2.75, 3.05) is 0 Å². The average molecular weight is 275 g/mol. The Balaban J connectivity index is 3.02. The lowest BCUT2D eigenvalue weighted by Crippen LogP contribution is -1.91. The SMILES string of the molecule is OCc1cc(C[Si])ccc1I. The summed E-state index contributed by atoms with van der Waals surface area (Å²) in [5, 5.41) is 8.92. The highest BCUT2D eigenvalue weighted by molar-refractivity contribution is 14.1. The number of hydrogen-bond acceptors (Lipinski definition) is 1. The molecular weight excluding hydrogens is 267 g/mol. The van der Waals surface area contributed by atoms with Gasteiger partial charge in [-0.05, 0) is 40.3 Å². The Labute approximate surface area is 83.4 Å². The van der Waals surface area contributed by atoms with Crippen LogP contribution in [0.15, 0.2) is 18.2 Å². The molecule has 0 unspecified atom stereocenters. The summed E-state index contributed by atoms with van der Waals surface area (Å²) in [5.74, 6) is 0. The Kier molecular flexibility index (Phi) is 3.54. The van der Waals surface area contributed by atoms with Gasteiger partial charge in [-0.25, -0.2) is 0 Å². The largest absolute Gasteiger partial charge is 0.392 e. The molecule has 3 radical (unpaired) electrons. The smallest absolute Gasteiger partial charge is 0.0692 e. The zero-order valence-corrected chi connectivity index (χ0v) is 9.13. The summed E-state index contributed by atoms with van der Waals surface area (Å²) < 4.78 is 1.12. The summed E-state index contributed by atoms with van der Waals surface area (Å²) >= 11 is 2.22. The van der Waals surface area contributed by atoms with E-state index in [-0.39, 0.29) is 6.61 Å². The first-order valence-electron chi connectivity index (χ1n) is 3.30. The van der Waals surface area contributed by atoms with Gasteiger partial charge in [0.25, 0.3) is 0 Å². The van der Waals surface area contributed by atoms with E-state index in [0.29, 0.717) is 0 Å². The molecular formula is C8H8IOSi. The summed E-state index contributed by atoms with van der Waals surface area (Å²) in [4.78, 5) is 0. The zero-order chi connectivity index (χ0) is 8.27. The molecule has 0 aliphatic heterocycles. The first-order valence-corrected chi connectivity index (χ1v) is 5.09. The molecule has 1 aromatic rings. The predicted molar refractivity (Wildman–Crippen MR) is 54.5 cm³/mol. The van der Waals surface area contributed by atoms with Crippen LogP contribution >= 0.6 is 22.6 Å². The minimum atomic E-state index is 0.123. The van der Waals surface area contributed by atoms with Gasteiger partial charge in [0.15, 0.2) is 0 Å². The third kappa shape index (κ3) is 2.28. The third-order valence-electron chi connectivity index (χ3n) is 1.48. The maximum absolute atomic E-state index is 8.92. The van der Waals surface area contributed by atoms with E-state index in [0.717, 1.165) is 15.2 Å². The van der Waals surface area contributed by atoms with Gasteiger partial charge in [-0.1, -0.05) is 17.7 Å². The van der Waals surface area contributed by atoms with Crippen molar-refractivity contribution in [2.24, 2.45) is 0 Å². The first-order chi connectivity index (χ1) is 5.27. The van der Waals surface area contributed by atoms with Crippen LogP contribution in [-0.2, 0) is 12.7 Å². The molecule has 0 spiro atoms. The van der Waals surface area contributed by atoms with Gasteiger partial charge in [0.1, 0.15) is 0 Å². The van der Waals surface area contributed by atoms with E-state index >= 15 is 0 Å². The summed E-state index contributed by atoms with van der Waals surface area (Å²) in [5.41, 5.74) is 2.20. The van der Waals surface area contributed by atoms with Crippen LogP contribution in [0.25, 0.3) is 0 Å². The van der Waals surface area contributed by atoms with Crippen LogP contribution in [0.1, 0.15) is 11.1 Å². The van der Waals surface area contributed by atoms with Gasteiger partial charge in [-0.3, -0.25) is 0 Å². The van der Waals surface area contributed by atoms with Crippen molar-refractivity contribution < 1.29 is 5.11 Å². The lowest BCUT2D eigenvalue weighted by Gasteiger charge is -2.02. The molecule has 0 saturated heterocycles. The summed E-state index contributed by atoms with van der Waals surface area (Å²) in [6, 6.07) is 6.91. The summed E-state index contributed by atoms with van der Waals surface area (Å²) in [7, 11) is 3.41. The minimum absolute atomic E-state index is 0.123. The molecule has 0 aromatic heterocycles. The van der Waals surface area contributed by atoms with Crippen molar-refractivity contribution >= 4 is 32.8 Å². The number of halogens is 1. The van der Waals surface area contributed by atoms with E-state index < -0.39 is 0 Å². The fraction of sp³-hybridized carbons (Fsp3) is 0.250. The Hall–Kier alpha value is 0.127.